The first-order chi connectivity index (χ1) is 9.24. The maximum Gasteiger partial charge on any atom is 0.110 e. The van der Waals surface area contributed by atoms with Crippen LogP contribution in [-0.4, -0.2) is 20.1 Å². The van der Waals surface area contributed by atoms with E-state index in [1.54, 1.807) is 12.4 Å². The van der Waals surface area contributed by atoms with Crippen molar-refractivity contribution in [1.82, 2.24) is 15.0 Å². The zero-order valence-electron chi connectivity index (χ0n) is 10.1. The SMILES string of the molecule is OCc1cnc(Cc2ccc3ncc(Cl)cc3c2)[nH]1. The van der Waals surface area contributed by atoms with E-state index >= 15 is 0 Å². The Hall–Kier alpha value is -1.91. The van der Waals surface area contributed by atoms with Gasteiger partial charge in [0.25, 0.3) is 0 Å². The monoisotopic (exact) mass is 273 g/mol. The normalized spacial score (nSPS) is 11.1. The topological polar surface area (TPSA) is 61.8 Å². The Morgan fingerprint density at radius 3 is 2.84 bits per heavy atom. The van der Waals surface area contributed by atoms with E-state index in [9.17, 15) is 0 Å². The summed E-state index contributed by atoms with van der Waals surface area (Å²) in [5.41, 5.74) is 2.76. The first-order valence-corrected chi connectivity index (χ1v) is 6.30. The van der Waals surface area contributed by atoms with Crippen molar-refractivity contribution in [3.05, 3.63) is 58.8 Å². The molecule has 0 fully saturated rings. The number of hydrogen-bond acceptors (Lipinski definition) is 3. The summed E-state index contributed by atoms with van der Waals surface area (Å²) < 4.78 is 0. The van der Waals surface area contributed by atoms with E-state index in [0.29, 0.717) is 11.4 Å². The van der Waals surface area contributed by atoms with Gasteiger partial charge in [-0.05, 0) is 23.8 Å². The maximum absolute atomic E-state index is 8.99. The van der Waals surface area contributed by atoms with Crippen LogP contribution in [0.15, 0.2) is 36.7 Å². The van der Waals surface area contributed by atoms with Crippen molar-refractivity contribution >= 4 is 22.5 Å². The molecule has 3 aromatic rings. The second-order valence-electron chi connectivity index (χ2n) is 4.37. The zero-order valence-corrected chi connectivity index (χ0v) is 10.9. The number of hydrogen-bond donors (Lipinski definition) is 2. The molecule has 0 saturated heterocycles. The van der Waals surface area contributed by atoms with E-state index < -0.39 is 0 Å². The van der Waals surface area contributed by atoms with Crippen LogP contribution < -0.4 is 0 Å². The second-order valence-corrected chi connectivity index (χ2v) is 4.81. The highest BCUT2D eigenvalue weighted by Gasteiger charge is 2.03. The summed E-state index contributed by atoms with van der Waals surface area (Å²) in [6.07, 6.45) is 3.97. The van der Waals surface area contributed by atoms with Crippen molar-refractivity contribution in [2.45, 2.75) is 13.0 Å². The van der Waals surface area contributed by atoms with Gasteiger partial charge in [0.15, 0.2) is 0 Å². The molecule has 1 aromatic carbocycles. The van der Waals surface area contributed by atoms with E-state index in [2.05, 4.69) is 21.0 Å². The second kappa shape index (κ2) is 4.99. The molecule has 0 aliphatic rings. The summed E-state index contributed by atoms with van der Waals surface area (Å²) in [5.74, 6) is 0.832. The van der Waals surface area contributed by atoms with Crippen molar-refractivity contribution < 1.29 is 5.11 Å². The van der Waals surface area contributed by atoms with Crippen LogP contribution in [0, 0.1) is 0 Å². The van der Waals surface area contributed by atoms with E-state index in [1.807, 2.05) is 18.2 Å². The van der Waals surface area contributed by atoms with E-state index in [4.69, 9.17) is 16.7 Å². The van der Waals surface area contributed by atoms with Crippen LogP contribution in [0.4, 0.5) is 0 Å². The number of halogens is 1. The highest BCUT2D eigenvalue weighted by Crippen LogP contribution is 2.19. The molecule has 0 unspecified atom stereocenters. The Morgan fingerprint density at radius 2 is 2.05 bits per heavy atom. The lowest BCUT2D eigenvalue weighted by Crippen LogP contribution is -1.92. The van der Waals surface area contributed by atoms with Crippen LogP contribution in [0.25, 0.3) is 10.9 Å². The molecule has 0 aliphatic heterocycles. The van der Waals surface area contributed by atoms with Crippen molar-refractivity contribution in [1.29, 1.82) is 0 Å². The number of aromatic nitrogens is 3. The van der Waals surface area contributed by atoms with Gasteiger partial charge < -0.3 is 10.1 Å². The molecule has 0 atom stereocenters. The number of nitrogens with one attached hydrogen (secondary N) is 1. The van der Waals surface area contributed by atoms with Gasteiger partial charge in [-0.15, -0.1) is 0 Å². The first kappa shape index (κ1) is 12.1. The third-order valence-electron chi connectivity index (χ3n) is 2.94. The van der Waals surface area contributed by atoms with Gasteiger partial charge in [0.1, 0.15) is 5.82 Å². The number of aliphatic hydroxyl groups is 1. The third-order valence-corrected chi connectivity index (χ3v) is 3.14. The Labute approximate surface area is 115 Å². The van der Waals surface area contributed by atoms with Crippen LogP contribution in [0.5, 0.6) is 0 Å². The lowest BCUT2D eigenvalue weighted by atomic mass is 10.1. The lowest BCUT2D eigenvalue weighted by Gasteiger charge is -2.02. The summed E-state index contributed by atoms with van der Waals surface area (Å²) in [6, 6.07) is 7.94. The molecule has 0 spiro atoms. The van der Waals surface area contributed by atoms with Crippen LogP contribution in [-0.2, 0) is 13.0 Å². The lowest BCUT2D eigenvalue weighted by molar-refractivity contribution is 0.277. The van der Waals surface area contributed by atoms with Crippen LogP contribution in [0.3, 0.4) is 0 Å². The Bertz CT molecular complexity index is 724. The number of rotatable bonds is 3. The predicted octanol–water partition coefficient (Wildman–Crippen LogP) is 2.69. The summed E-state index contributed by atoms with van der Waals surface area (Å²) in [5, 5.41) is 10.6. The summed E-state index contributed by atoms with van der Waals surface area (Å²) in [7, 11) is 0. The van der Waals surface area contributed by atoms with Crippen LogP contribution in [0.2, 0.25) is 5.02 Å². The molecule has 3 rings (SSSR count). The molecule has 4 nitrogen and oxygen atoms in total. The molecular formula is C14H12ClN3O. The number of benzene rings is 1. The number of fused-ring (bicyclic) bond motifs is 1. The molecule has 96 valence electrons. The molecule has 2 heterocycles. The number of imidazole rings is 1. The fourth-order valence-corrected chi connectivity index (χ4v) is 2.20. The standard InChI is InChI=1S/C14H12ClN3O/c15-11-5-10-3-9(1-2-13(10)16-6-11)4-14-17-7-12(8-19)18-14/h1-3,5-7,19H,4,8H2,(H,17,18). The third kappa shape index (κ3) is 2.59. The largest absolute Gasteiger partial charge is 0.390 e. The molecule has 0 aliphatic carbocycles. The number of pyridine rings is 1. The number of aromatic amines is 1. The minimum absolute atomic E-state index is 0.0236. The average molecular weight is 274 g/mol. The summed E-state index contributed by atoms with van der Waals surface area (Å²) >= 11 is 5.94. The molecule has 5 heteroatoms. The van der Waals surface area contributed by atoms with Gasteiger partial charge in [0.2, 0.25) is 0 Å². The number of H-pyrrole nitrogens is 1. The fourth-order valence-electron chi connectivity index (χ4n) is 2.03. The van der Waals surface area contributed by atoms with E-state index in [0.717, 1.165) is 28.0 Å². The van der Waals surface area contributed by atoms with Gasteiger partial charge in [-0.25, -0.2) is 4.98 Å². The Kier molecular flexibility index (Phi) is 3.19. The van der Waals surface area contributed by atoms with Crippen molar-refractivity contribution in [3.8, 4) is 0 Å². The Balaban J connectivity index is 1.92. The highest BCUT2D eigenvalue weighted by molar-refractivity contribution is 6.31. The van der Waals surface area contributed by atoms with Crippen molar-refractivity contribution in [3.63, 3.8) is 0 Å². The number of aliphatic hydroxyl groups excluding tert-OH is 1. The minimum Gasteiger partial charge on any atom is -0.390 e. The molecular weight excluding hydrogens is 262 g/mol. The van der Waals surface area contributed by atoms with E-state index in [1.165, 1.54) is 0 Å². The predicted molar refractivity (Wildman–Crippen MR) is 74.1 cm³/mol. The van der Waals surface area contributed by atoms with Crippen molar-refractivity contribution in [2.75, 3.05) is 0 Å². The van der Waals surface area contributed by atoms with Crippen LogP contribution in [0.1, 0.15) is 17.1 Å². The molecule has 2 N–H and O–H groups in total. The average Bonchev–Trinajstić information content (AvgIpc) is 2.86. The van der Waals surface area contributed by atoms with Gasteiger partial charge in [-0.1, -0.05) is 17.7 Å². The molecule has 0 saturated carbocycles. The minimum atomic E-state index is -0.0236. The van der Waals surface area contributed by atoms with Gasteiger partial charge in [0.05, 0.1) is 29.0 Å². The molecule has 0 radical (unpaired) electrons. The summed E-state index contributed by atoms with van der Waals surface area (Å²) in [6.45, 7) is -0.0236. The van der Waals surface area contributed by atoms with Gasteiger partial charge in [-0.3, -0.25) is 4.98 Å². The fraction of sp³-hybridized carbons (Fsp3) is 0.143. The molecule has 19 heavy (non-hydrogen) atoms. The van der Waals surface area contributed by atoms with Crippen LogP contribution >= 0.6 is 11.6 Å². The molecule has 2 aromatic heterocycles. The maximum atomic E-state index is 8.99. The van der Waals surface area contributed by atoms with Gasteiger partial charge >= 0.3 is 0 Å². The quantitative estimate of drug-likeness (QED) is 0.771. The smallest absolute Gasteiger partial charge is 0.110 e. The molecule has 0 bridgehead atoms. The highest BCUT2D eigenvalue weighted by atomic mass is 35.5. The number of nitrogens with zero attached hydrogens (tertiary/aromatic N) is 2. The first-order valence-electron chi connectivity index (χ1n) is 5.92. The summed E-state index contributed by atoms with van der Waals surface area (Å²) in [4.78, 5) is 11.5. The van der Waals surface area contributed by atoms with Crippen molar-refractivity contribution in [2.24, 2.45) is 0 Å². The Morgan fingerprint density at radius 1 is 1.16 bits per heavy atom. The van der Waals surface area contributed by atoms with Gasteiger partial charge in [0, 0.05) is 18.0 Å². The zero-order chi connectivity index (χ0) is 13.2. The van der Waals surface area contributed by atoms with E-state index in [-0.39, 0.29) is 6.61 Å². The molecule has 0 amide bonds. The van der Waals surface area contributed by atoms with Gasteiger partial charge in [-0.2, -0.15) is 0 Å².